The van der Waals surface area contributed by atoms with E-state index in [2.05, 4.69) is 74.5 Å². The number of likely N-dealkylation sites (tertiary alicyclic amines) is 1. The van der Waals surface area contributed by atoms with Gasteiger partial charge in [0.2, 0.25) is 0 Å². The fourth-order valence-corrected chi connectivity index (χ4v) is 3.94. The highest BCUT2D eigenvalue weighted by atomic mass is 127. The number of rotatable bonds is 10. The number of hydrogen-bond donors (Lipinski definition) is 2. The molecule has 2 heterocycles. The first-order valence-corrected chi connectivity index (χ1v) is 11.4. The van der Waals surface area contributed by atoms with Gasteiger partial charge in [-0.2, -0.15) is 0 Å². The minimum atomic E-state index is 0. The van der Waals surface area contributed by atoms with E-state index >= 15 is 0 Å². The highest BCUT2D eigenvalue weighted by Crippen LogP contribution is 2.14. The van der Waals surface area contributed by atoms with Crippen LogP contribution in [-0.2, 0) is 24.2 Å². The summed E-state index contributed by atoms with van der Waals surface area (Å²) in [5.74, 6) is 1.85. The van der Waals surface area contributed by atoms with Crippen molar-refractivity contribution in [3.05, 3.63) is 48.0 Å². The van der Waals surface area contributed by atoms with Crippen LogP contribution in [0.5, 0.6) is 0 Å². The highest BCUT2D eigenvalue weighted by molar-refractivity contribution is 14.0. The number of guanidine groups is 1. The Morgan fingerprint density at radius 3 is 2.69 bits per heavy atom. The van der Waals surface area contributed by atoms with Gasteiger partial charge in [0.05, 0.1) is 13.2 Å². The third-order valence-corrected chi connectivity index (χ3v) is 5.60. The molecule has 0 radical (unpaired) electrons. The van der Waals surface area contributed by atoms with Crippen LogP contribution in [-0.4, -0.2) is 71.1 Å². The van der Waals surface area contributed by atoms with Crippen molar-refractivity contribution in [2.75, 3.05) is 33.4 Å². The molecule has 2 aromatic rings. The lowest BCUT2D eigenvalue weighted by molar-refractivity contribution is 0.177. The van der Waals surface area contributed by atoms with Crippen molar-refractivity contribution >= 4 is 29.9 Å². The van der Waals surface area contributed by atoms with Gasteiger partial charge in [-0.05, 0) is 25.3 Å². The van der Waals surface area contributed by atoms with Gasteiger partial charge in [-0.25, -0.2) is 0 Å². The molecule has 178 valence electrons. The van der Waals surface area contributed by atoms with Crippen molar-refractivity contribution in [3.8, 4) is 0 Å². The average Bonchev–Trinajstić information content (AvgIpc) is 3.23. The summed E-state index contributed by atoms with van der Waals surface area (Å²) in [6.07, 6.45) is 4.87. The predicted molar refractivity (Wildman–Crippen MR) is 139 cm³/mol. The number of nitrogens with zero attached hydrogens (tertiary/aromatic N) is 5. The van der Waals surface area contributed by atoms with Crippen LogP contribution in [0.3, 0.4) is 0 Å². The number of hydrogen-bond acceptors (Lipinski definition) is 5. The summed E-state index contributed by atoms with van der Waals surface area (Å²) in [7, 11) is 1.73. The van der Waals surface area contributed by atoms with Gasteiger partial charge in [-0.1, -0.05) is 37.3 Å². The summed E-state index contributed by atoms with van der Waals surface area (Å²) in [5, 5.41) is 15.3. The van der Waals surface area contributed by atoms with Crippen LogP contribution in [0.15, 0.2) is 41.7 Å². The summed E-state index contributed by atoms with van der Waals surface area (Å²) >= 11 is 0. The summed E-state index contributed by atoms with van der Waals surface area (Å²) in [6, 6.07) is 11.3. The van der Waals surface area contributed by atoms with Crippen molar-refractivity contribution in [2.45, 2.75) is 58.3 Å². The van der Waals surface area contributed by atoms with E-state index in [4.69, 9.17) is 9.73 Å². The molecule has 1 aliphatic heterocycles. The standard InChI is InChI=1S/C23H37N7O.HI/c1-4-22-28-25-18-30(22)15-12-24-23(26-19(2)17-31-3)27-21-10-13-29(14-11-21)16-20-8-6-5-7-9-20;/h5-9,18-19,21H,4,10-17H2,1-3H3,(H2,24,26,27);1H. The number of benzene rings is 1. The number of methoxy groups -OCH3 is 1. The van der Waals surface area contributed by atoms with Crippen molar-refractivity contribution in [1.29, 1.82) is 0 Å². The zero-order valence-corrected chi connectivity index (χ0v) is 21.9. The normalized spacial score (nSPS) is 16.4. The van der Waals surface area contributed by atoms with Gasteiger partial charge in [-0.3, -0.25) is 9.89 Å². The lowest BCUT2D eigenvalue weighted by Gasteiger charge is -2.33. The van der Waals surface area contributed by atoms with Gasteiger partial charge in [-0.15, -0.1) is 34.2 Å². The summed E-state index contributed by atoms with van der Waals surface area (Å²) in [4.78, 5) is 7.36. The maximum Gasteiger partial charge on any atom is 0.191 e. The van der Waals surface area contributed by atoms with Crippen LogP contribution in [0.25, 0.3) is 0 Å². The smallest absolute Gasteiger partial charge is 0.191 e. The van der Waals surface area contributed by atoms with Gasteiger partial charge in [0.1, 0.15) is 12.2 Å². The van der Waals surface area contributed by atoms with E-state index in [1.165, 1.54) is 5.56 Å². The fraction of sp³-hybridized carbons (Fsp3) is 0.609. The Kier molecular flexibility index (Phi) is 12.0. The minimum absolute atomic E-state index is 0. The molecule has 3 rings (SSSR count). The summed E-state index contributed by atoms with van der Waals surface area (Å²) in [5.41, 5.74) is 1.38. The quantitative estimate of drug-likeness (QED) is 0.267. The first-order valence-electron chi connectivity index (χ1n) is 11.4. The Morgan fingerprint density at radius 2 is 2.00 bits per heavy atom. The van der Waals surface area contributed by atoms with Crippen LogP contribution in [0.2, 0.25) is 0 Å². The minimum Gasteiger partial charge on any atom is -0.383 e. The van der Waals surface area contributed by atoms with Crippen LogP contribution in [0.1, 0.15) is 38.1 Å². The molecular weight excluding hydrogens is 517 g/mol. The maximum atomic E-state index is 5.29. The van der Waals surface area contributed by atoms with E-state index < -0.39 is 0 Å². The number of piperidine rings is 1. The number of ether oxygens (including phenoxy) is 1. The lowest BCUT2D eigenvalue weighted by Crippen LogP contribution is -2.51. The molecule has 32 heavy (non-hydrogen) atoms. The molecule has 8 nitrogen and oxygen atoms in total. The number of aryl methyl sites for hydroxylation is 1. The van der Waals surface area contributed by atoms with E-state index in [0.29, 0.717) is 19.2 Å². The third kappa shape index (κ3) is 8.67. The van der Waals surface area contributed by atoms with Gasteiger partial charge in [0.15, 0.2) is 5.96 Å². The van der Waals surface area contributed by atoms with E-state index in [9.17, 15) is 0 Å². The van der Waals surface area contributed by atoms with Crippen LogP contribution >= 0.6 is 24.0 Å². The van der Waals surface area contributed by atoms with Crippen molar-refractivity contribution in [2.24, 2.45) is 4.99 Å². The number of nitrogens with one attached hydrogen (secondary N) is 2. The van der Waals surface area contributed by atoms with Gasteiger partial charge >= 0.3 is 0 Å². The molecule has 0 aliphatic carbocycles. The molecular formula is C23H38IN7O. The monoisotopic (exact) mass is 555 g/mol. The topological polar surface area (TPSA) is 79.6 Å². The molecule has 1 saturated heterocycles. The number of halogens is 1. The Labute approximate surface area is 209 Å². The zero-order chi connectivity index (χ0) is 21.9. The van der Waals surface area contributed by atoms with E-state index in [0.717, 1.165) is 57.2 Å². The highest BCUT2D eigenvalue weighted by Gasteiger charge is 2.20. The molecule has 0 spiro atoms. The Balaban J connectivity index is 0.00000363. The largest absolute Gasteiger partial charge is 0.383 e. The molecule has 0 saturated carbocycles. The zero-order valence-electron chi connectivity index (χ0n) is 19.5. The molecule has 1 aromatic heterocycles. The Hall–Kier alpha value is -1.72. The van der Waals surface area contributed by atoms with Crippen LogP contribution in [0, 0.1) is 0 Å². The number of aromatic nitrogens is 3. The average molecular weight is 556 g/mol. The van der Waals surface area contributed by atoms with E-state index in [-0.39, 0.29) is 30.0 Å². The van der Waals surface area contributed by atoms with Crippen LogP contribution < -0.4 is 10.6 Å². The Morgan fingerprint density at radius 1 is 1.25 bits per heavy atom. The second kappa shape index (κ2) is 14.4. The molecule has 1 fully saturated rings. The van der Waals surface area contributed by atoms with Gasteiger partial charge in [0, 0.05) is 51.8 Å². The summed E-state index contributed by atoms with van der Waals surface area (Å²) < 4.78 is 7.36. The van der Waals surface area contributed by atoms with E-state index in [1.807, 2.05) is 0 Å². The molecule has 1 aliphatic rings. The van der Waals surface area contributed by atoms with Crippen LogP contribution in [0.4, 0.5) is 0 Å². The van der Waals surface area contributed by atoms with E-state index in [1.54, 1.807) is 13.4 Å². The summed E-state index contributed by atoms with van der Waals surface area (Å²) in [6.45, 7) is 9.50. The van der Waals surface area contributed by atoms with Crippen molar-refractivity contribution in [3.63, 3.8) is 0 Å². The predicted octanol–water partition coefficient (Wildman–Crippen LogP) is 2.69. The second-order valence-corrected chi connectivity index (χ2v) is 8.21. The molecule has 0 bridgehead atoms. The molecule has 1 aromatic carbocycles. The lowest BCUT2D eigenvalue weighted by atomic mass is 10.0. The molecule has 2 N–H and O–H groups in total. The fourth-order valence-electron chi connectivity index (χ4n) is 3.94. The molecule has 1 atom stereocenters. The first-order chi connectivity index (χ1) is 15.2. The first kappa shape index (κ1) is 26.5. The molecule has 9 heteroatoms. The molecule has 1 unspecified atom stereocenters. The number of aliphatic imine (C=N–C) groups is 1. The van der Waals surface area contributed by atoms with Gasteiger partial charge < -0.3 is 19.9 Å². The SMILES string of the molecule is CCc1nncn1CCN=C(NC(C)COC)NC1CCN(Cc2ccccc2)CC1.I. The second-order valence-electron chi connectivity index (χ2n) is 8.21. The molecule has 0 amide bonds. The van der Waals surface area contributed by atoms with Crippen molar-refractivity contribution in [1.82, 2.24) is 30.3 Å². The van der Waals surface area contributed by atoms with Gasteiger partial charge in [0.25, 0.3) is 0 Å². The van der Waals surface area contributed by atoms with Crippen molar-refractivity contribution < 1.29 is 4.74 Å². The third-order valence-electron chi connectivity index (χ3n) is 5.60. The Bertz CT molecular complexity index is 791. The maximum absolute atomic E-state index is 5.29.